The number of phenols is 1. The summed E-state index contributed by atoms with van der Waals surface area (Å²) in [5, 5.41) is 9.33. The van der Waals surface area contributed by atoms with Crippen molar-refractivity contribution in [1.82, 2.24) is 9.44 Å². The van der Waals surface area contributed by atoms with Crippen molar-refractivity contribution in [2.24, 2.45) is 0 Å². The van der Waals surface area contributed by atoms with Gasteiger partial charge in [-0.1, -0.05) is 18.2 Å². The standard InChI is InChI=1S/C9H11F3N2O3S/c10-9(11,12)6-14-18(16,17)13-5-7-3-1-2-4-8(7)15/h1-4,13-15H,5-6H2. The number of phenolic OH excluding ortho intramolecular Hbond substituents is 1. The molecule has 0 aliphatic carbocycles. The maximum absolute atomic E-state index is 11.8. The highest BCUT2D eigenvalue weighted by atomic mass is 32.2. The lowest BCUT2D eigenvalue weighted by Gasteiger charge is -2.10. The number of rotatable bonds is 5. The number of aromatic hydroxyl groups is 1. The van der Waals surface area contributed by atoms with Gasteiger partial charge in [0.2, 0.25) is 0 Å². The average molecular weight is 284 g/mol. The van der Waals surface area contributed by atoms with Gasteiger partial charge in [0.25, 0.3) is 10.2 Å². The highest BCUT2D eigenvalue weighted by Gasteiger charge is 2.29. The van der Waals surface area contributed by atoms with E-state index in [-0.39, 0.29) is 17.9 Å². The van der Waals surface area contributed by atoms with Crippen LogP contribution in [0.15, 0.2) is 24.3 Å². The van der Waals surface area contributed by atoms with Crippen molar-refractivity contribution in [3.63, 3.8) is 0 Å². The molecule has 102 valence electrons. The number of nitrogens with one attached hydrogen (secondary N) is 2. The van der Waals surface area contributed by atoms with Crippen LogP contribution >= 0.6 is 0 Å². The molecule has 18 heavy (non-hydrogen) atoms. The number of hydrogen-bond acceptors (Lipinski definition) is 3. The maximum atomic E-state index is 11.8. The first-order valence-corrected chi connectivity index (χ1v) is 6.26. The van der Waals surface area contributed by atoms with Gasteiger partial charge in [0.15, 0.2) is 0 Å². The highest BCUT2D eigenvalue weighted by molar-refractivity contribution is 7.87. The predicted octanol–water partition coefficient (Wildman–Crippen LogP) is 0.879. The average Bonchev–Trinajstić information content (AvgIpc) is 2.25. The van der Waals surface area contributed by atoms with Crippen LogP contribution in [0.2, 0.25) is 0 Å². The van der Waals surface area contributed by atoms with Crippen LogP contribution in [0.3, 0.4) is 0 Å². The van der Waals surface area contributed by atoms with E-state index >= 15 is 0 Å². The molecule has 5 nitrogen and oxygen atoms in total. The fraction of sp³-hybridized carbons (Fsp3) is 0.333. The molecule has 0 radical (unpaired) electrons. The summed E-state index contributed by atoms with van der Waals surface area (Å²) < 4.78 is 61.0. The van der Waals surface area contributed by atoms with E-state index in [1.807, 2.05) is 4.72 Å². The summed E-state index contributed by atoms with van der Waals surface area (Å²) in [5.74, 6) is -0.143. The van der Waals surface area contributed by atoms with Crippen LogP contribution in [0.5, 0.6) is 5.75 Å². The zero-order valence-corrected chi connectivity index (χ0v) is 9.85. The van der Waals surface area contributed by atoms with Crippen LogP contribution in [0.25, 0.3) is 0 Å². The van der Waals surface area contributed by atoms with Gasteiger partial charge in [-0.2, -0.15) is 31.0 Å². The number of para-hydroxylation sites is 1. The summed E-state index contributed by atoms with van der Waals surface area (Å²) >= 11 is 0. The summed E-state index contributed by atoms with van der Waals surface area (Å²) in [6.07, 6.45) is -4.62. The SMILES string of the molecule is O=S(=O)(NCc1ccccc1O)NCC(F)(F)F. The third-order valence-corrected chi connectivity index (χ3v) is 2.96. The summed E-state index contributed by atoms with van der Waals surface area (Å²) in [4.78, 5) is 0. The van der Waals surface area contributed by atoms with E-state index < -0.39 is 22.9 Å². The van der Waals surface area contributed by atoms with Crippen molar-refractivity contribution in [3.8, 4) is 5.75 Å². The predicted molar refractivity (Wildman–Crippen MR) is 57.9 cm³/mol. The topological polar surface area (TPSA) is 78.4 Å². The third kappa shape index (κ3) is 5.34. The zero-order valence-electron chi connectivity index (χ0n) is 9.03. The van der Waals surface area contributed by atoms with E-state index in [1.54, 1.807) is 6.07 Å². The van der Waals surface area contributed by atoms with Crippen LogP contribution < -0.4 is 9.44 Å². The minimum Gasteiger partial charge on any atom is -0.508 e. The number of halogens is 3. The van der Waals surface area contributed by atoms with E-state index in [2.05, 4.69) is 0 Å². The molecule has 9 heteroatoms. The van der Waals surface area contributed by atoms with Gasteiger partial charge in [-0.3, -0.25) is 0 Å². The number of alkyl halides is 3. The van der Waals surface area contributed by atoms with E-state index in [9.17, 15) is 26.7 Å². The Balaban J connectivity index is 2.55. The summed E-state index contributed by atoms with van der Waals surface area (Å²) in [6, 6.07) is 5.89. The van der Waals surface area contributed by atoms with Gasteiger partial charge in [0, 0.05) is 12.1 Å². The summed E-state index contributed by atoms with van der Waals surface area (Å²) in [7, 11) is -4.26. The Hall–Kier alpha value is -1.32. The first kappa shape index (κ1) is 14.7. The normalized spacial score (nSPS) is 12.6. The minimum atomic E-state index is -4.62. The lowest BCUT2D eigenvalue weighted by Crippen LogP contribution is -2.41. The van der Waals surface area contributed by atoms with Gasteiger partial charge >= 0.3 is 6.18 Å². The Labute approximate surface area is 102 Å². The van der Waals surface area contributed by atoms with Crippen molar-refractivity contribution in [1.29, 1.82) is 0 Å². The molecule has 1 aromatic carbocycles. The van der Waals surface area contributed by atoms with E-state index in [1.165, 1.54) is 22.9 Å². The first-order chi connectivity index (χ1) is 8.20. The van der Waals surface area contributed by atoms with Crippen LogP contribution in [-0.2, 0) is 16.8 Å². The molecule has 0 saturated heterocycles. The molecule has 0 aliphatic heterocycles. The Bertz CT molecular complexity index is 502. The molecule has 0 amide bonds. The molecule has 0 aliphatic rings. The van der Waals surface area contributed by atoms with Crippen LogP contribution in [0.1, 0.15) is 5.56 Å². The Morgan fingerprint density at radius 3 is 2.33 bits per heavy atom. The third-order valence-electron chi connectivity index (χ3n) is 1.91. The quantitative estimate of drug-likeness (QED) is 0.751. The van der Waals surface area contributed by atoms with Crippen molar-refractivity contribution < 1.29 is 26.7 Å². The highest BCUT2D eigenvalue weighted by Crippen LogP contribution is 2.15. The molecule has 0 saturated carbocycles. The van der Waals surface area contributed by atoms with Gasteiger partial charge in [-0.25, -0.2) is 0 Å². The maximum Gasteiger partial charge on any atom is 0.402 e. The molecule has 0 fully saturated rings. The Morgan fingerprint density at radius 2 is 1.78 bits per heavy atom. The van der Waals surface area contributed by atoms with Crippen molar-refractivity contribution >= 4 is 10.2 Å². The van der Waals surface area contributed by atoms with E-state index in [0.717, 1.165) is 0 Å². The van der Waals surface area contributed by atoms with Crippen LogP contribution in [-0.4, -0.2) is 26.2 Å². The van der Waals surface area contributed by atoms with Crippen LogP contribution in [0.4, 0.5) is 13.2 Å². The molecular weight excluding hydrogens is 273 g/mol. The van der Waals surface area contributed by atoms with Gasteiger partial charge in [-0.05, 0) is 6.07 Å². The number of benzene rings is 1. The van der Waals surface area contributed by atoms with Crippen molar-refractivity contribution in [2.75, 3.05) is 6.54 Å². The first-order valence-electron chi connectivity index (χ1n) is 4.77. The lowest BCUT2D eigenvalue weighted by atomic mass is 10.2. The fourth-order valence-corrected chi connectivity index (χ4v) is 1.86. The van der Waals surface area contributed by atoms with Gasteiger partial charge < -0.3 is 5.11 Å². The largest absolute Gasteiger partial charge is 0.508 e. The van der Waals surface area contributed by atoms with Crippen molar-refractivity contribution in [2.45, 2.75) is 12.7 Å². The lowest BCUT2D eigenvalue weighted by molar-refractivity contribution is -0.121. The van der Waals surface area contributed by atoms with Crippen LogP contribution in [0, 0.1) is 0 Å². The molecule has 0 unspecified atom stereocenters. The summed E-state index contributed by atoms with van der Waals surface area (Å²) in [5.41, 5.74) is 0.259. The van der Waals surface area contributed by atoms with Gasteiger partial charge in [-0.15, -0.1) is 0 Å². The summed E-state index contributed by atoms with van der Waals surface area (Å²) in [6.45, 7) is -1.96. The smallest absolute Gasteiger partial charge is 0.402 e. The second-order valence-corrected chi connectivity index (χ2v) is 4.97. The molecule has 0 bridgehead atoms. The van der Waals surface area contributed by atoms with E-state index in [4.69, 9.17) is 0 Å². The zero-order chi connectivity index (χ0) is 13.8. The van der Waals surface area contributed by atoms with Gasteiger partial charge in [0.1, 0.15) is 12.3 Å². The molecule has 0 aromatic heterocycles. The molecule has 3 N–H and O–H groups in total. The Morgan fingerprint density at radius 1 is 1.17 bits per heavy atom. The second kappa shape index (κ2) is 5.55. The van der Waals surface area contributed by atoms with E-state index in [0.29, 0.717) is 0 Å². The second-order valence-electron chi connectivity index (χ2n) is 3.39. The van der Waals surface area contributed by atoms with Gasteiger partial charge in [0.05, 0.1) is 0 Å². The molecular formula is C9H11F3N2O3S. The molecule has 0 heterocycles. The van der Waals surface area contributed by atoms with Crippen molar-refractivity contribution in [3.05, 3.63) is 29.8 Å². The Kier molecular flexibility index (Phi) is 4.54. The minimum absolute atomic E-state index is 0.143. The number of hydrogen-bond donors (Lipinski definition) is 3. The molecule has 1 aromatic rings. The molecule has 0 atom stereocenters. The molecule has 0 spiro atoms. The fourth-order valence-electron chi connectivity index (χ4n) is 1.06. The monoisotopic (exact) mass is 284 g/mol. The molecule has 1 rings (SSSR count).